The highest BCUT2D eigenvalue weighted by Crippen LogP contribution is 2.67. The van der Waals surface area contributed by atoms with Gasteiger partial charge in [-0.15, -0.1) is 0 Å². The lowest BCUT2D eigenvalue weighted by molar-refractivity contribution is -0.179. The molecule has 17 heavy (non-hydrogen) atoms. The molecular formula is C15H19NO. The summed E-state index contributed by atoms with van der Waals surface area (Å²) in [6.07, 6.45) is 4.73. The van der Waals surface area contributed by atoms with E-state index >= 15 is 0 Å². The summed E-state index contributed by atoms with van der Waals surface area (Å²) in [5, 5.41) is 9.54. The Bertz CT molecular complexity index is 468. The fourth-order valence-corrected chi connectivity index (χ4v) is 4.44. The van der Waals surface area contributed by atoms with Crippen LogP contribution in [0.25, 0.3) is 0 Å². The summed E-state index contributed by atoms with van der Waals surface area (Å²) in [5.41, 5.74) is 0.803. The first-order chi connectivity index (χ1) is 7.93. The van der Waals surface area contributed by atoms with Gasteiger partial charge < -0.3 is 0 Å². The van der Waals surface area contributed by atoms with E-state index in [1.807, 2.05) is 0 Å². The molecule has 0 amide bonds. The van der Waals surface area contributed by atoms with Crippen LogP contribution < -0.4 is 0 Å². The van der Waals surface area contributed by atoms with Crippen molar-refractivity contribution >= 4 is 5.78 Å². The number of carbonyl (C=O) groups is 1. The molecule has 0 N–H and O–H groups in total. The van der Waals surface area contributed by atoms with Crippen LogP contribution in [0.15, 0.2) is 11.6 Å². The monoisotopic (exact) mass is 229 g/mol. The molecule has 0 aliphatic heterocycles. The van der Waals surface area contributed by atoms with Crippen LogP contribution in [0, 0.1) is 39.9 Å². The van der Waals surface area contributed by atoms with Gasteiger partial charge in [0.1, 0.15) is 5.41 Å². The molecule has 0 spiro atoms. The van der Waals surface area contributed by atoms with Gasteiger partial charge in [0.25, 0.3) is 0 Å². The number of carbonyl (C=O) groups excluding carboxylic acids is 1. The second-order valence-corrected chi connectivity index (χ2v) is 6.73. The van der Waals surface area contributed by atoms with Crippen LogP contribution >= 0.6 is 0 Å². The molecule has 2 bridgehead atoms. The maximum Gasteiger partial charge on any atom is 0.157 e. The van der Waals surface area contributed by atoms with Gasteiger partial charge in [-0.2, -0.15) is 5.26 Å². The molecule has 0 aromatic rings. The van der Waals surface area contributed by atoms with Crippen molar-refractivity contribution in [2.75, 3.05) is 0 Å². The van der Waals surface area contributed by atoms with Crippen molar-refractivity contribution in [3.63, 3.8) is 0 Å². The Morgan fingerprint density at radius 3 is 2.71 bits per heavy atom. The third-order valence-electron chi connectivity index (χ3n) is 5.73. The van der Waals surface area contributed by atoms with E-state index in [9.17, 15) is 10.1 Å². The third kappa shape index (κ3) is 1.08. The molecule has 0 aromatic carbocycles. The fraction of sp³-hybridized carbons (Fsp3) is 0.733. The maximum atomic E-state index is 12.6. The summed E-state index contributed by atoms with van der Waals surface area (Å²) in [4.78, 5) is 12.6. The van der Waals surface area contributed by atoms with E-state index in [1.54, 1.807) is 0 Å². The molecule has 4 aliphatic rings. The van der Waals surface area contributed by atoms with Crippen LogP contribution in [0.2, 0.25) is 0 Å². The lowest BCUT2D eigenvalue weighted by atomic mass is 9.37. The standard InChI is InChI=1S/C15H19NO/c1-9-4-5-15(8-16)11(6-9)10-7-12(13(15)17)14(10,2)3/h4,10-12H,5-7H2,1-3H3/t10-,11+,12+,15-/m1/s1. The molecule has 90 valence electrons. The van der Waals surface area contributed by atoms with Gasteiger partial charge in [-0.25, -0.2) is 0 Å². The lowest BCUT2D eigenvalue weighted by Crippen LogP contribution is -2.65. The Labute approximate surface area is 103 Å². The highest BCUT2D eigenvalue weighted by molar-refractivity contribution is 5.93. The van der Waals surface area contributed by atoms with Crippen molar-refractivity contribution < 1.29 is 4.79 Å². The topological polar surface area (TPSA) is 40.9 Å². The van der Waals surface area contributed by atoms with E-state index in [1.165, 1.54) is 5.57 Å². The quantitative estimate of drug-likeness (QED) is 0.599. The Morgan fingerprint density at radius 2 is 2.12 bits per heavy atom. The molecule has 0 radical (unpaired) electrons. The van der Waals surface area contributed by atoms with Crippen LogP contribution in [0.5, 0.6) is 0 Å². The minimum Gasteiger partial charge on any atom is -0.298 e. The second kappa shape index (κ2) is 3.02. The molecule has 4 aliphatic carbocycles. The van der Waals surface area contributed by atoms with Gasteiger partial charge in [-0.1, -0.05) is 25.5 Å². The Kier molecular flexibility index (Phi) is 1.95. The summed E-state index contributed by atoms with van der Waals surface area (Å²) >= 11 is 0. The summed E-state index contributed by atoms with van der Waals surface area (Å²) < 4.78 is 0. The van der Waals surface area contributed by atoms with Crippen LogP contribution in [0.1, 0.15) is 40.0 Å². The number of ketones is 1. The van der Waals surface area contributed by atoms with Gasteiger partial charge in [0, 0.05) is 5.92 Å². The zero-order valence-corrected chi connectivity index (χ0v) is 10.8. The average molecular weight is 229 g/mol. The van der Waals surface area contributed by atoms with Crippen molar-refractivity contribution in [2.45, 2.75) is 40.0 Å². The van der Waals surface area contributed by atoms with Crippen LogP contribution in [-0.2, 0) is 4.79 Å². The van der Waals surface area contributed by atoms with E-state index in [2.05, 4.69) is 32.9 Å². The lowest BCUT2D eigenvalue weighted by Gasteiger charge is -2.64. The van der Waals surface area contributed by atoms with Gasteiger partial charge in [0.2, 0.25) is 0 Å². The summed E-state index contributed by atoms with van der Waals surface area (Å²) in [6.45, 7) is 6.54. The van der Waals surface area contributed by atoms with Crippen molar-refractivity contribution in [1.82, 2.24) is 0 Å². The van der Waals surface area contributed by atoms with Crippen molar-refractivity contribution in [3.05, 3.63) is 11.6 Å². The average Bonchev–Trinajstić information content (AvgIpc) is 2.28. The van der Waals surface area contributed by atoms with Gasteiger partial charge in [-0.3, -0.25) is 4.79 Å². The summed E-state index contributed by atoms with van der Waals surface area (Å²) in [5.74, 6) is 1.20. The first kappa shape index (κ1) is 11.0. The first-order valence-corrected chi connectivity index (χ1v) is 6.54. The minimum absolute atomic E-state index is 0.125. The SMILES string of the molecule is CC1=CC[C@]2(C#N)C(=O)[C@@H]3C[C@H]([C@@H]2C1)C3(C)C. The molecule has 4 rings (SSSR count). The molecule has 2 heteroatoms. The molecule has 4 atom stereocenters. The Hall–Kier alpha value is -1.10. The molecule has 0 aromatic heterocycles. The highest BCUT2D eigenvalue weighted by Gasteiger charge is 2.68. The minimum atomic E-state index is -0.678. The van der Waals surface area contributed by atoms with E-state index in [0.29, 0.717) is 12.3 Å². The summed E-state index contributed by atoms with van der Waals surface area (Å²) in [7, 11) is 0. The molecule has 3 saturated carbocycles. The van der Waals surface area contributed by atoms with Crippen LogP contribution in [-0.4, -0.2) is 5.78 Å². The number of nitriles is 1. The third-order valence-corrected chi connectivity index (χ3v) is 5.73. The molecule has 0 unspecified atom stereocenters. The normalized spacial score (nSPS) is 46.4. The van der Waals surface area contributed by atoms with Crippen LogP contribution in [0.4, 0.5) is 0 Å². The van der Waals surface area contributed by atoms with Crippen LogP contribution in [0.3, 0.4) is 0 Å². The van der Waals surface area contributed by atoms with Crippen molar-refractivity contribution in [1.29, 1.82) is 5.26 Å². The zero-order valence-electron chi connectivity index (χ0n) is 10.8. The summed E-state index contributed by atoms with van der Waals surface area (Å²) in [6, 6.07) is 2.39. The molecular weight excluding hydrogens is 210 g/mol. The van der Waals surface area contributed by atoms with E-state index in [0.717, 1.165) is 12.8 Å². The van der Waals surface area contributed by atoms with E-state index < -0.39 is 5.41 Å². The maximum absolute atomic E-state index is 12.6. The predicted molar refractivity (Wildman–Crippen MR) is 64.9 cm³/mol. The predicted octanol–water partition coefficient (Wildman–Crippen LogP) is 3.10. The van der Waals surface area contributed by atoms with Gasteiger partial charge >= 0.3 is 0 Å². The van der Waals surface area contributed by atoms with Crippen molar-refractivity contribution in [3.8, 4) is 6.07 Å². The number of rotatable bonds is 0. The number of hydrogen-bond donors (Lipinski definition) is 0. The smallest absolute Gasteiger partial charge is 0.157 e. The van der Waals surface area contributed by atoms with Gasteiger partial charge in [-0.05, 0) is 43.4 Å². The second-order valence-electron chi connectivity index (χ2n) is 6.73. The molecule has 3 fully saturated rings. The molecule has 0 saturated heterocycles. The van der Waals surface area contributed by atoms with E-state index in [-0.39, 0.29) is 23.0 Å². The number of Topliss-reactive ketones (excluding diaryl/α,β-unsaturated/α-hetero) is 1. The number of allylic oxidation sites excluding steroid dienone is 2. The van der Waals surface area contributed by atoms with E-state index in [4.69, 9.17) is 0 Å². The highest BCUT2D eigenvalue weighted by atomic mass is 16.1. The Morgan fingerprint density at radius 1 is 1.41 bits per heavy atom. The molecule has 0 heterocycles. The Balaban J connectivity index is 2.10. The number of hydrogen-bond acceptors (Lipinski definition) is 2. The van der Waals surface area contributed by atoms with Gasteiger partial charge in [0.15, 0.2) is 5.78 Å². The fourth-order valence-electron chi connectivity index (χ4n) is 4.44. The number of nitrogens with zero attached hydrogens (tertiary/aromatic N) is 1. The largest absolute Gasteiger partial charge is 0.298 e. The van der Waals surface area contributed by atoms with Crippen molar-refractivity contribution in [2.24, 2.45) is 28.6 Å². The first-order valence-electron chi connectivity index (χ1n) is 6.54. The molecule has 2 nitrogen and oxygen atoms in total. The van der Waals surface area contributed by atoms with Gasteiger partial charge in [0.05, 0.1) is 6.07 Å². The zero-order chi connectivity index (χ0) is 12.4.